The summed E-state index contributed by atoms with van der Waals surface area (Å²) in [5, 5.41) is 10.8. The molecular formula is C10H9N3O2. The van der Waals surface area contributed by atoms with Gasteiger partial charge in [0.05, 0.1) is 11.3 Å². The Kier molecular flexibility index (Phi) is 2.21. The molecule has 0 aliphatic carbocycles. The van der Waals surface area contributed by atoms with Crippen LogP contribution < -0.4 is 0 Å². The summed E-state index contributed by atoms with van der Waals surface area (Å²) in [4.78, 5) is 14.3. The van der Waals surface area contributed by atoms with Crippen LogP contribution >= 0.6 is 0 Å². The van der Waals surface area contributed by atoms with Crippen LogP contribution in [0.3, 0.4) is 0 Å². The summed E-state index contributed by atoms with van der Waals surface area (Å²) >= 11 is 0. The molecule has 1 aromatic heterocycles. The summed E-state index contributed by atoms with van der Waals surface area (Å²) in [5.74, 6) is 0. The van der Waals surface area contributed by atoms with E-state index < -0.39 is 4.92 Å². The SMILES string of the molecule is Cc1ccc([N+](=O)[O-])c(-n2ccnc2)c1. The van der Waals surface area contributed by atoms with E-state index in [0.717, 1.165) is 5.56 Å². The Bertz CT molecular complexity index is 491. The lowest BCUT2D eigenvalue weighted by molar-refractivity contribution is -0.384. The van der Waals surface area contributed by atoms with Gasteiger partial charge in [-0.15, -0.1) is 0 Å². The molecule has 0 N–H and O–H groups in total. The molecule has 76 valence electrons. The smallest absolute Gasteiger partial charge is 0.293 e. The lowest BCUT2D eigenvalue weighted by Crippen LogP contribution is -1.98. The maximum absolute atomic E-state index is 10.8. The molecule has 1 aromatic carbocycles. The fourth-order valence-electron chi connectivity index (χ4n) is 1.40. The van der Waals surface area contributed by atoms with Gasteiger partial charge < -0.3 is 4.57 Å². The number of benzene rings is 1. The van der Waals surface area contributed by atoms with E-state index in [1.807, 2.05) is 6.92 Å². The van der Waals surface area contributed by atoms with Crippen LogP contribution in [0.2, 0.25) is 0 Å². The van der Waals surface area contributed by atoms with Gasteiger partial charge in [-0.1, -0.05) is 6.07 Å². The van der Waals surface area contributed by atoms with Crippen molar-refractivity contribution in [2.24, 2.45) is 0 Å². The van der Waals surface area contributed by atoms with Crippen LogP contribution in [0.1, 0.15) is 5.56 Å². The van der Waals surface area contributed by atoms with Crippen molar-refractivity contribution in [1.29, 1.82) is 0 Å². The number of aromatic nitrogens is 2. The van der Waals surface area contributed by atoms with Gasteiger partial charge in [-0.2, -0.15) is 0 Å². The van der Waals surface area contributed by atoms with Crippen LogP contribution in [-0.4, -0.2) is 14.5 Å². The van der Waals surface area contributed by atoms with Crippen LogP contribution in [0.15, 0.2) is 36.9 Å². The van der Waals surface area contributed by atoms with Crippen LogP contribution in [0.5, 0.6) is 0 Å². The van der Waals surface area contributed by atoms with Crippen LogP contribution in [0, 0.1) is 17.0 Å². The number of nitro groups is 1. The molecule has 0 unspecified atom stereocenters. The first kappa shape index (κ1) is 9.39. The van der Waals surface area contributed by atoms with E-state index in [2.05, 4.69) is 4.98 Å². The highest BCUT2D eigenvalue weighted by Gasteiger charge is 2.14. The second kappa shape index (κ2) is 3.53. The lowest BCUT2D eigenvalue weighted by Gasteiger charge is -2.04. The Balaban J connectivity index is 2.63. The average Bonchev–Trinajstić information content (AvgIpc) is 2.69. The molecular weight excluding hydrogens is 194 g/mol. The highest BCUT2D eigenvalue weighted by Crippen LogP contribution is 2.23. The molecule has 15 heavy (non-hydrogen) atoms. The topological polar surface area (TPSA) is 61.0 Å². The molecule has 0 fully saturated rings. The number of nitrogens with zero attached hydrogens (tertiary/aromatic N) is 3. The number of aryl methyl sites for hydroxylation is 1. The Morgan fingerprint density at radius 2 is 2.27 bits per heavy atom. The molecule has 2 aromatic rings. The summed E-state index contributed by atoms with van der Waals surface area (Å²) in [6.07, 6.45) is 4.82. The summed E-state index contributed by atoms with van der Waals surface area (Å²) in [6.45, 7) is 1.89. The number of hydrogen-bond donors (Lipinski definition) is 0. The van der Waals surface area contributed by atoms with E-state index >= 15 is 0 Å². The van der Waals surface area contributed by atoms with E-state index in [9.17, 15) is 10.1 Å². The molecule has 5 heteroatoms. The molecule has 0 spiro atoms. The first-order valence-electron chi connectivity index (χ1n) is 4.42. The molecule has 0 aliphatic heterocycles. The second-order valence-corrected chi connectivity index (χ2v) is 3.22. The standard InChI is InChI=1S/C10H9N3O2/c1-8-2-3-9(13(14)15)10(6-8)12-5-4-11-7-12/h2-7H,1H3. The number of hydrogen-bond acceptors (Lipinski definition) is 3. The molecule has 0 radical (unpaired) electrons. The minimum Gasteiger partial charge on any atom is -0.300 e. The fraction of sp³-hybridized carbons (Fsp3) is 0.100. The van der Waals surface area contributed by atoms with E-state index in [1.165, 1.54) is 6.07 Å². The van der Waals surface area contributed by atoms with Gasteiger partial charge in [0, 0.05) is 18.5 Å². The fourth-order valence-corrected chi connectivity index (χ4v) is 1.40. The molecule has 0 bridgehead atoms. The third-order valence-corrected chi connectivity index (χ3v) is 2.11. The second-order valence-electron chi connectivity index (χ2n) is 3.22. The molecule has 0 atom stereocenters. The third-order valence-electron chi connectivity index (χ3n) is 2.11. The lowest BCUT2D eigenvalue weighted by atomic mass is 10.2. The van der Waals surface area contributed by atoms with Gasteiger partial charge in [0.25, 0.3) is 5.69 Å². The van der Waals surface area contributed by atoms with Crippen LogP contribution in [0.25, 0.3) is 5.69 Å². The van der Waals surface area contributed by atoms with Crippen molar-refractivity contribution in [2.45, 2.75) is 6.92 Å². The molecule has 0 saturated carbocycles. The molecule has 5 nitrogen and oxygen atoms in total. The zero-order chi connectivity index (χ0) is 10.8. The van der Waals surface area contributed by atoms with E-state index in [0.29, 0.717) is 5.69 Å². The zero-order valence-electron chi connectivity index (χ0n) is 8.12. The van der Waals surface area contributed by atoms with Crippen molar-refractivity contribution in [3.8, 4) is 5.69 Å². The molecule has 1 heterocycles. The number of rotatable bonds is 2. The highest BCUT2D eigenvalue weighted by atomic mass is 16.6. The summed E-state index contributed by atoms with van der Waals surface area (Å²) in [7, 11) is 0. The third kappa shape index (κ3) is 1.71. The predicted molar refractivity (Wildman–Crippen MR) is 55.0 cm³/mol. The summed E-state index contributed by atoms with van der Waals surface area (Å²) < 4.78 is 1.63. The summed E-state index contributed by atoms with van der Waals surface area (Å²) in [6, 6.07) is 4.99. The first-order chi connectivity index (χ1) is 7.18. The average molecular weight is 203 g/mol. The quantitative estimate of drug-likeness (QED) is 0.554. The number of imidazole rings is 1. The van der Waals surface area contributed by atoms with Crippen molar-refractivity contribution >= 4 is 5.69 Å². The Morgan fingerprint density at radius 1 is 1.47 bits per heavy atom. The highest BCUT2D eigenvalue weighted by molar-refractivity contribution is 5.53. The minimum atomic E-state index is -0.394. The van der Waals surface area contributed by atoms with Gasteiger partial charge in [-0.05, 0) is 18.6 Å². The van der Waals surface area contributed by atoms with Gasteiger partial charge in [0.15, 0.2) is 0 Å². The van der Waals surface area contributed by atoms with Crippen molar-refractivity contribution < 1.29 is 4.92 Å². The van der Waals surface area contributed by atoms with Gasteiger partial charge in [0.1, 0.15) is 5.69 Å². The van der Waals surface area contributed by atoms with Crippen molar-refractivity contribution in [3.63, 3.8) is 0 Å². The normalized spacial score (nSPS) is 10.2. The van der Waals surface area contributed by atoms with E-state index in [1.54, 1.807) is 35.4 Å². The van der Waals surface area contributed by atoms with Crippen LogP contribution in [0.4, 0.5) is 5.69 Å². The maximum Gasteiger partial charge on any atom is 0.293 e. The first-order valence-corrected chi connectivity index (χ1v) is 4.42. The van der Waals surface area contributed by atoms with E-state index in [-0.39, 0.29) is 5.69 Å². The van der Waals surface area contributed by atoms with Crippen molar-refractivity contribution in [1.82, 2.24) is 9.55 Å². The van der Waals surface area contributed by atoms with E-state index in [4.69, 9.17) is 0 Å². The monoisotopic (exact) mass is 203 g/mol. The van der Waals surface area contributed by atoms with Gasteiger partial charge >= 0.3 is 0 Å². The maximum atomic E-state index is 10.8. The van der Waals surface area contributed by atoms with Gasteiger partial charge in [-0.25, -0.2) is 4.98 Å². The Morgan fingerprint density at radius 3 is 2.87 bits per heavy atom. The molecule has 2 rings (SSSR count). The Labute approximate surface area is 86.1 Å². The molecule has 0 aliphatic rings. The number of nitro benzene ring substituents is 1. The Hall–Kier alpha value is -2.17. The summed E-state index contributed by atoms with van der Waals surface area (Å²) in [5.41, 5.74) is 1.60. The minimum absolute atomic E-state index is 0.0820. The van der Waals surface area contributed by atoms with Gasteiger partial charge in [-0.3, -0.25) is 10.1 Å². The van der Waals surface area contributed by atoms with Crippen molar-refractivity contribution in [2.75, 3.05) is 0 Å². The van der Waals surface area contributed by atoms with Crippen molar-refractivity contribution in [3.05, 3.63) is 52.6 Å². The zero-order valence-corrected chi connectivity index (χ0v) is 8.12. The largest absolute Gasteiger partial charge is 0.300 e. The van der Waals surface area contributed by atoms with Gasteiger partial charge in [0.2, 0.25) is 0 Å². The molecule has 0 amide bonds. The predicted octanol–water partition coefficient (Wildman–Crippen LogP) is 2.09. The molecule has 0 saturated heterocycles. The van der Waals surface area contributed by atoms with Crippen LogP contribution in [-0.2, 0) is 0 Å².